The molecule has 114 valence electrons. The summed E-state index contributed by atoms with van der Waals surface area (Å²) < 4.78 is 106. The minimum Gasteiger partial charge on any atom is -0.248 e. The molecule has 1 aliphatic carbocycles. The second-order valence-corrected chi connectivity index (χ2v) is 4.11. The molecule has 0 aromatic carbocycles. The molecule has 1 aliphatic rings. The van der Waals surface area contributed by atoms with Gasteiger partial charge in [-0.1, -0.05) is 6.92 Å². The van der Waals surface area contributed by atoms with Crippen molar-refractivity contribution in [2.24, 2.45) is 5.92 Å². The number of hydrogen-bond donors (Lipinski definition) is 0. The average molecular weight is 302 g/mol. The minimum atomic E-state index is -5.63. The summed E-state index contributed by atoms with van der Waals surface area (Å²) in [6.07, 6.45) is -13.3. The van der Waals surface area contributed by atoms with Gasteiger partial charge in [0, 0.05) is 12.3 Å². The Hall–Kier alpha value is -0.640. The summed E-state index contributed by atoms with van der Waals surface area (Å²) in [5, 5.41) is 0. The van der Waals surface area contributed by atoms with Crippen LogP contribution in [0.15, 0.2) is 0 Å². The molecule has 1 saturated carbocycles. The Bertz CT molecular complexity index is 327. The first kappa shape index (κ1) is 16.4. The van der Waals surface area contributed by atoms with Crippen LogP contribution in [0.5, 0.6) is 0 Å². The summed E-state index contributed by atoms with van der Waals surface area (Å²) in [6, 6.07) is 0. The molecule has 19 heavy (non-hydrogen) atoms. The molecule has 1 rings (SSSR count). The second-order valence-electron chi connectivity index (χ2n) is 4.11. The first-order valence-electron chi connectivity index (χ1n) is 5.24. The van der Waals surface area contributed by atoms with Gasteiger partial charge in [-0.25, -0.2) is 18.3 Å². The number of halogens is 8. The smallest absolute Gasteiger partial charge is 0.248 e. The molecule has 10 heteroatoms. The summed E-state index contributed by atoms with van der Waals surface area (Å²) >= 11 is 0. The highest BCUT2D eigenvalue weighted by Crippen LogP contribution is 2.55. The quantitative estimate of drug-likeness (QED) is 0.727. The topological polar surface area (TPSA) is 18.5 Å². The summed E-state index contributed by atoms with van der Waals surface area (Å²) in [5.74, 6) is -10.1. The van der Waals surface area contributed by atoms with E-state index < -0.39 is 43.2 Å². The van der Waals surface area contributed by atoms with E-state index in [1.807, 2.05) is 0 Å². The van der Waals surface area contributed by atoms with Crippen LogP contribution < -0.4 is 0 Å². The van der Waals surface area contributed by atoms with Crippen LogP contribution in [0.1, 0.15) is 26.2 Å². The molecule has 0 saturated heterocycles. The molecule has 0 heterocycles. The van der Waals surface area contributed by atoms with Gasteiger partial charge in [0.15, 0.2) is 0 Å². The summed E-state index contributed by atoms with van der Waals surface area (Å²) in [7, 11) is 0. The molecule has 0 amide bonds. The average Bonchev–Trinajstić information content (AvgIpc) is 2.33. The van der Waals surface area contributed by atoms with E-state index in [2.05, 4.69) is 9.47 Å². The Morgan fingerprint density at radius 2 is 1.47 bits per heavy atom. The van der Waals surface area contributed by atoms with E-state index in [0.717, 1.165) is 0 Å². The molecule has 0 spiro atoms. The van der Waals surface area contributed by atoms with E-state index in [0.29, 0.717) is 0 Å². The molecule has 1 fully saturated rings. The number of alkyl halides is 8. The van der Waals surface area contributed by atoms with Gasteiger partial charge in [-0.2, -0.15) is 0 Å². The first-order valence-corrected chi connectivity index (χ1v) is 5.24. The van der Waals surface area contributed by atoms with Crippen molar-refractivity contribution in [3.63, 3.8) is 0 Å². The van der Waals surface area contributed by atoms with Crippen molar-refractivity contribution in [3.05, 3.63) is 0 Å². The Balaban J connectivity index is 3.09. The molecule has 3 unspecified atom stereocenters. The van der Waals surface area contributed by atoms with Crippen LogP contribution in [-0.4, -0.2) is 24.4 Å². The van der Waals surface area contributed by atoms with Crippen LogP contribution in [0.2, 0.25) is 0 Å². The molecule has 0 aromatic rings. The highest BCUT2D eigenvalue weighted by Gasteiger charge is 2.70. The molecule has 3 atom stereocenters. The van der Waals surface area contributed by atoms with Gasteiger partial charge in [-0.05, 0) is 12.8 Å². The van der Waals surface area contributed by atoms with Crippen molar-refractivity contribution in [3.8, 4) is 0 Å². The third-order valence-corrected chi connectivity index (χ3v) is 2.88. The van der Waals surface area contributed by atoms with Gasteiger partial charge >= 0.3 is 12.7 Å². The van der Waals surface area contributed by atoms with E-state index in [1.165, 1.54) is 6.92 Å². The third kappa shape index (κ3) is 3.47. The molecule has 0 aromatic heterocycles. The van der Waals surface area contributed by atoms with E-state index in [9.17, 15) is 35.1 Å². The van der Waals surface area contributed by atoms with Gasteiger partial charge in [0.2, 0.25) is 0 Å². The van der Waals surface area contributed by atoms with E-state index in [4.69, 9.17) is 0 Å². The van der Waals surface area contributed by atoms with Gasteiger partial charge in [-0.3, -0.25) is 0 Å². The molecular weight excluding hydrogens is 292 g/mol. The molecule has 0 bridgehead atoms. The van der Waals surface area contributed by atoms with E-state index in [-0.39, 0.29) is 6.42 Å². The zero-order chi connectivity index (χ0) is 15.1. The molecular formula is C9H10F8O2. The summed E-state index contributed by atoms with van der Waals surface area (Å²) in [5.41, 5.74) is 0. The van der Waals surface area contributed by atoms with Gasteiger partial charge in [0.05, 0.1) is 0 Å². The Morgan fingerprint density at radius 3 is 1.84 bits per heavy atom. The van der Waals surface area contributed by atoms with Crippen molar-refractivity contribution in [2.45, 2.75) is 50.6 Å². The highest BCUT2D eigenvalue weighted by molar-refractivity contribution is 4.99. The fraction of sp³-hybridized carbons (Fsp3) is 1.00. The normalized spacial score (nSPS) is 36.8. The van der Waals surface area contributed by atoms with Crippen molar-refractivity contribution in [1.82, 2.24) is 0 Å². The number of hydrogen-bond acceptors (Lipinski definition) is 2. The Morgan fingerprint density at radius 1 is 1.00 bits per heavy atom. The van der Waals surface area contributed by atoms with Gasteiger partial charge in [0.1, 0.15) is 0 Å². The fourth-order valence-electron chi connectivity index (χ4n) is 2.12. The zero-order valence-corrected chi connectivity index (χ0v) is 9.54. The predicted molar refractivity (Wildman–Crippen MR) is 45.0 cm³/mol. The van der Waals surface area contributed by atoms with Crippen LogP contribution in [0.3, 0.4) is 0 Å². The van der Waals surface area contributed by atoms with Gasteiger partial charge in [-0.15, -0.1) is 26.3 Å². The second kappa shape index (κ2) is 4.72. The highest BCUT2D eigenvalue weighted by atomic mass is 19.4. The van der Waals surface area contributed by atoms with E-state index in [1.54, 1.807) is 0 Å². The maximum Gasteiger partial charge on any atom is 0.525 e. The van der Waals surface area contributed by atoms with Crippen LogP contribution >= 0.6 is 0 Å². The zero-order valence-electron chi connectivity index (χ0n) is 9.54. The number of rotatable bonds is 3. The van der Waals surface area contributed by atoms with Gasteiger partial charge in [0.25, 0.3) is 11.7 Å². The molecule has 0 aliphatic heterocycles. The maximum atomic E-state index is 14.1. The predicted octanol–water partition coefficient (Wildman–Crippen LogP) is 4.21. The van der Waals surface area contributed by atoms with Gasteiger partial charge < -0.3 is 0 Å². The van der Waals surface area contributed by atoms with Crippen LogP contribution in [0.4, 0.5) is 35.1 Å². The molecule has 0 radical (unpaired) electrons. The number of ether oxygens (including phenoxy) is 2. The Kier molecular flexibility index (Phi) is 4.08. The minimum absolute atomic E-state index is 0.334. The van der Waals surface area contributed by atoms with Crippen LogP contribution in [-0.2, 0) is 9.47 Å². The molecule has 2 nitrogen and oxygen atoms in total. The Labute approximate surface area is 102 Å². The third-order valence-electron chi connectivity index (χ3n) is 2.88. The standard InChI is InChI=1S/C9H10F8O2/c1-2-5-3-4-6(10,18-8(12,13)14)7(5,11)19-9(15,16)17/h5H,2-4H2,1H3. The first-order chi connectivity index (χ1) is 8.33. The van der Waals surface area contributed by atoms with Crippen LogP contribution in [0, 0.1) is 5.92 Å². The van der Waals surface area contributed by atoms with Crippen molar-refractivity contribution in [2.75, 3.05) is 0 Å². The lowest BCUT2D eigenvalue weighted by Gasteiger charge is -2.36. The fourth-order valence-corrected chi connectivity index (χ4v) is 2.12. The molecule has 0 N–H and O–H groups in total. The van der Waals surface area contributed by atoms with Crippen LogP contribution in [0.25, 0.3) is 0 Å². The van der Waals surface area contributed by atoms with Crippen molar-refractivity contribution < 1.29 is 44.6 Å². The maximum absolute atomic E-state index is 14.1. The van der Waals surface area contributed by atoms with E-state index >= 15 is 0 Å². The lowest BCUT2D eigenvalue weighted by molar-refractivity contribution is -0.483. The van der Waals surface area contributed by atoms with Crippen molar-refractivity contribution in [1.29, 1.82) is 0 Å². The summed E-state index contributed by atoms with van der Waals surface area (Å²) in [4.78, 5) is 0. The largest absolute Gasteiger partial charge is 0.525 e. The summed E-state index contributed by atoms with van der Waals surface area (Å²) in [6.45, 7) is 1.21. The lowest BCUT2D eigenvalue weighted by Crippen LogP contribution is -2.55. The SMILES string of the molecule is CCC1CCC(F)(OC(F)(F)F)C1(F)OC(F)(F)F. The van der Waals surface area contributed by atoms with Crippen molar-refractivity contribution >= 4 is 0 Å². The monoisotopic (exact) mass is 302 g/mol. The lowest BCUT2D eigenvalue weighted by atomic mass is 9.99.